The smallest absolute Gasteiger partial charge is 0.258 e. The molecule has 0 fully saturated rings. The highest BCUT2D eigenvalue weighted by Crippen LogP contribution is 2.41. The fourth-order valence-electron chi connectivity index (χ4n) is 4.11. The molecule has 4 N–H and O–H groups in total. The van der Waals surface area contributed by atoms with Crippen molar-refractivity contribution in [3.63, 3.8) is 0 Å². The summed E-state index contributed by atoms with van der Waals surface area (Å²) in [6.07, 6.45) is 3.96. The van der Waals surface area contributed by atoms with Crippen molar-refractivity contribution in [3.8, 4) is 0 Å². The summed E-state index contributed by atoms with van der Waals surface area (Å²) < 4.78 is 0. The first-order valence-corrected chi connectivity index (χ1v) is 10.2. The van der Waals surface area contributed by atoms with Crippen LogP contribution in [0.1, 0.15) is 19.3 Å². The number of hydrogen-bond acceptors (Lipinski definition) is 5. The van der Waals surface area contributed by atoms with Gasteiger partial charge in [-0.25, -0.2) is 0 Å². The van der Waals surface area contributed by atoms with E-state index in [4.69, 9.17) is 0 Å². The average Bonchev–Trinajstić information content (AvgIpc) is 3.02. The van der Waals surface area contributed by atoms with Gasteiger partial charge in [0.1, 0.15) is 0 Å². The Balaban J connectivity index is 1.77. The predicted octanol–water partition coefficient (Wildman–Crippen LogP) is 3.19. The molecule has 2 aromatic rings. The molecule has 0 saturated heterocycles. The van der Waals surface area contributed by atoms with E-state index >= 15 is 0 Å². The van der Waals surface area contributed by atoms with Crippen LogP contribution in [0.4, 0.5) is 11.4 Å². The lowest BCUT2D eigenvalue weighted by Crippen LogP contribution is -2.46. The maximum Gasteiger partial charge on any atom is 0.258 e. The zero-order valence-electron chi connectivity index (χ0n) is 17.0. The van der Waals surface area contributed by atoms with E-state index in [0.717, 1.165) is 36.5 Å². The molecule has 1 unspecified atom stereocenters. The van der Waals surface area contributed by atoms with Gasteiger partial charge in [0, 0.05) is 29.1 Å². The summed E-state index contributed by atoms with van der Waals surface area (Å²) in [5.41, 5.74) is 3.25. The highest BCUT2D eigenvalue weighted by molar-refractivity contribution is 6.21. The standard InChI is InChI=1S/C24H26N4O2/c1-25-14-8-13-24(28-18-11-6-3-7-12-18)16-20-19(22(29)27-23(20)30)15-21(24)26-17-9-4-2-5-10-17/h2-7,9-12,15,25-26,28H,8,13-14,16H2,1H3,(H,27,29,30). The maximum absolute atomic E-state index is 12.5. The topological polar surface area (TPSA) is 82.3 Å². The summed E-state index contributed by atoms with van der Waals surface area (Å²) in [6.45, 7) is 0.855. The third kappa shape index (κ3) is 4.00. The monoisotopic (exact) mass is 402 g/mol. The van der Waals surface area contributed by atoms with Crippen LogP contribution in [0.25, 0.3) is 0 Å². The lowest BCUT2D eigenvalue weighted by atomic mass is 9.77. The fraction of sp³-hybridized carbons (Fsp3) is 0.250. The van der Waals surface area contributed by atoms with Crippen molar-refractivity contribution in [2.24, 2.45) is 0 Å². The third-order valence-electron chi connectivity index (χ3n) is 5.59. The van der Waals surface area contributed by atoms with E-state index in [1.165, 1.54) is 0 Å². The molecule has 0 aromatic heterocycles. The summed E-state index contributed by atoms with van der Waals surface area (Å²) in [6, 6.07) is 19.9. The summed E-state index contributed by atoms with van der Waals surface area (Å²) >= 11 is 0. The molecule has 6 heteroatoms. The van der Waals surface area contributed by atoms with E-state index in [1.54, 1.807) is 0 Å². The Morgan fingerprint density at radius 2 is 1.60 bits per heavy atom. The lowest BCUT2D eigenvalue weighted by Gasteiger charge is -2.41. The molecule has 0 saturated carbocycles. The van der Waals surface area contributed by atoms with Gasteiger partial charge < -0.3 is 16.0 Å². The van der Waals surface area contributed by atoms with Crippen molar-refractivity contribution < 1.29 is 9.59 Å². The molecule has 30 heavy (non-hydrogen) atoms. The van der Waals surface area contributed by atoms with E-state index in [0.29, 0.717) is 17.6 Å². The molecule has 2 amide bonds. The fourth-order valence-corrected chi connectivity index (χ4v) is 4.11. The van der Waals surface area contributed by atoms with Crippen LogP contribution < -0.4 is 21.3 Å². The second-order valence-corrected chi connectivity index (χ2v) is 7.68. The number of carbonyl (C=O) groups excluding carboxylic acids is 2. The Morgan fingerprint density at radius 3 is 2.27 bits per heavy atom. The van der Waals surface area contributed by atoms with Crippen LogP contribution in [-0.4, -0.2) is 30.9 Å². The molecule has 0 bridgehead atoms. The Bertz CT molecular complexity index is 998. The molecular formula is C24H26N4O2. The van der Waals surface area contributed by atoms with Crippen LogP contribution in [0, 0.1) is 0 Å². The minimum Gasteiger partial charge on any atom is -0.374 e. The molecule has 0 radical (unpaired) electrons. The second-order valence-electron chi connectivity index (χ2n) is 7.68. The summed E-state index contributed by atoms with van der Waals surface area (Å²) in [4.78, 5) is 24.8. The first kappa shape index (κ1) is 19.9. The number of carbonyl (C=O) groups is 2. The van der Waals surface area contributed by atoms with Gasteiger partial charge in [0.25, 0.3) is 11.8 Å². The Kier molecular flexibility index (Phi) is 5.68. The Morgan fingerprint density at radius 1 is 0.933 bits per heavy atom. The van der Waals surface area contributed by atoms with Crippen molar-refractivity contribution in [2.45, 2.75) is 24.8 Å². The SMILES string of the molecule is CNCCCC1(Nc2ccccc2)CC2=C(C=C1Nc1ccccc1)C(=O)NC2=O. The van der Waals surface area contributed by atoms with Crippen LogP contribution in [-0.2, 0) is 9.59 Å². The van der Waals surface area contributed by atoms with Crippen molar-refractivity contribution >= 4 is 23.2 Å². The van der Waals surface area contributed by atoms with Crippen LogP contribution in [0.2, 0.25) is 0 Å². The summed E-state index contributed by atoms with van der Waals surface area (Å²) in [5, 5.41) is 12.9. The van der Waals surface area contributed by atoms with Gasteiger partial charge in [-0.3, -0.25) is 14.9 Å². The van der Waals surface area contributed by atoms with Crippen LogP contribution in [0.3, 0.4) is 0 Å². The first-order valence-electron chi connectivity index (χ1n) is 10.2. The summed E-state index contributed by atoms with van der Waals surface area (Å²) in [7, 11) is 1.93. The average molecular weight is 402 g/mol. The zero-order valence-corrected chi connectivity index (χ0v) is 17.0. The van der Waals surface area contributed by atoms with E-state index in [2.05, 4.69) is 21.3 Å². The minimum absolute atomic E-state index is 0.294. The second kappa shape index (κ2) is 8.55. The van der Waals surface area contributed by atoms with E-state index in [9.17, 15) is 9.59 Å². The molecule has 2 aromatic carbocycles. The highest BCUT2D eigenvalue weighted by atomic mass is 16.2. The molecule has 1 heterocycles. The number of nitrogens with one attached hydrogen (secondary N) is 4. The van der Waals surface area contributed by atoms with Crippen molar-refractivity contribution in [3.05, 3.63) is 83.6 Å². The van der Waals surface area contributed by atoms with E-state index < -0.39 is 5.54 Å². The van der Waals surface area contributed by atoms with Gasteiger partial charge in [-0.05, 0) is 56.8 Å². The molecule has 1 aliphatic carbocycles. The van der Waals surface area contributed by atoms with Crippen molar-refractivity contribution in [1.29, 1.82) is 0 Å². The van der Waals surface area contributed by atoms with Crippen LogP contribution in [0.5, 0.6) is 0 Å². The van der Waals surface area contributed by atoms with Crippen LogP contribution >= 0.6 is 0 Å². The molecule has 6 nitrogen and oxygen atoms in total. The van der Waals surface area contributed by atoms with Gasteiger partial charge in [0.05, 0.1) is 11.1 Å². The predicted molar refractivity (Wildman–Crippen MR) is 119 cm³/mol. The molecular weight excluding hydrogens is 376 g/mol. The summed E-state index contributed by atoms with van der Waals surface area (Å²) in [5.74, 6) is -0.622. The van der Waals surface area contributed by atoms with Gasteiger partial charge >= 0.3 is 0 Å². The number of benzene rings is 2. The molecule has 154 valence electrons. The van der Waals surface area contributed by atoms with E-state index in [1.807, 2.05) is 73.8 Å². The normalized spacial score (nSPS) is 20.5. The van der Waals surface area contributed by atoms with Gasteiger partial charge in [-0.2, -0.15) is 0 Å². The quantitative estimate of drug-likeness (QED) is 0.403. The highest BCUT2D eigenvalue weighted by Gasteiger charge is 2.44. The van der Waals surface area contributed by atoms with Crippen molar-refractivity contribution in [1.82, 2.24) is 10.6 Å². The number of hydrogen-bond donors (Lipinski definition) is 4. The lowest BCUT2D eigenvalue weighted by molar-refractivity contribution is -0.124. The van der Waals surface area contributed by atoms with E-state index in [-0.39, 0.29) is 11.8 Å². The number of rotatable bonds is 8. The van der Waals surface area contributed by atoms with Crippen molar-refractivity contribution in [2.75, 3.05) is 24.2 Å². The minimum atomic E-state index is -0.547. The number of amides is 2. The first-order chi connectivity index (χ1) is 14.6. The number of imide groups is 1. The maximum atomic E-state index is 12.5. The molecule has 2 aliphatic rings. The Labute approximate surface area is 176 Å². The van der Waals surface area contributed by atoms with Gasteiger partial charge in [-0.15, -0.1) is 0 Å². The zero-order chi connectivity index (χ0) is 21.0. The third-order valence-corrected chi connectivity index (χ3v) is 5.59. The van der Waals surface area contributed by atoms with Gasteiger partial charge in [-0.1, -0.05) is 36.4 Å². The molecule has 0 spiro atoms. The van der Waals surface area contributed by atoms with Gasteiger partial charge in [0.2, 0.25) is 0 Å². The largest absolute Gasteiger partial charge is 0.374 e. The number of para-hydroxylation sites is 2. The van der Waals surface area contributed by atoms with Gasteiger partial charge in [0.15, 0.2) is 0 Å². The molecule has 1 atom stereocenters. The molecule has 4 rings (SSSR count). The number of anilines is 2. The Hall–Kier alpha value is -3.38. The molecule has 1 aliphatic heterocycles. The van der Waals surface area contributed by atoms with Crippen LogP contribution in [0.15, 0.2) is 83.6 Å².